The van der Waals surface area contributed by atoms with Crippen LogP contribution in [0.2, 0.25) is 0 Å². The number of nitrogens with zero attached hydrogens (tertiary/aromatic N) is 2. The van der Waals surface area contributed by atoms with Gasteiger partial charge in [-0.2, -0.15) is 0 Å². The van der Waals surface area contributed by atoms with Gasteiger partial charge < -0.3 is 9.88 Å². The van der Waals surface area contributed by atoms with Crippen LogP contribution < -0.4 is 5.32 Å². The van der Waals surface area contributed by atoms with Crippen molar-refractivity contribution in [1.82, 2.24) is 9.88 Å². The van der Waals surface area contributed by atoms with Crippen molar-refractivity contribution in [2.75, 3.05) is 0 Å². The van der Waals surface area contributed by atoms with Crippen LogP contribution in [0.3, 0.4) is 0 Å². The average molecular weight is 546 g/mol. The topological polar surface area (TPSA) is 77.2 Å². The molecular formula is C35H35N3O3. The molecule has 1 amide bonds. The van der Waals surface area contributed by atoms with Gasteiger partial charge in [-0.05, 0) is 70.8 Å². The summed E-state index contributed by atoms with van der Waals surface area (Å²) in [6, 6.07) is 29.1. The minimum absolute atomic E-state index is 0.0273. The highest BCUT2D eigenvalue weighted by Gasteiger charge is 2.18. The molecule has 41 heavy (non-hydrogen) atoms. The maximum Gasteiger partial charge on any atom is 0.269 e. The Bertz CT molecular complexity index is 1730. The number of hydrogen-bond donors (Lipinski definition) is 1. The van der Waals surface area contributed by atoms with Crippen LogP contribution in [0.1, 0.15) is 66.3 Å². The number of carbonyl (C=O) groups excluding carboxylic acids is 1. The number of carbonyl (C=O) groups is 1. The van der Waals surface area contributed by atoms with Crippen LogP contribution in [-0.2, 0) is 12.0 Å². The highest BCUT2D eigenvalue weighted by molar-refractivity contribution is 5.99. The van der Waals surface area contributed by atoms with Crippen molar-refractivity contribution in [1.29, 1.82) is 0 Å². The number of nitrogens with one attached hydrogen (secondary N) is 1. The van der Waals surface area contributed by atoms with Crippen molar-refractivity contribution in [2.24, 2.45) is 0 Å². The molecule has 5 rings (SSSR count). The molecule has 1 atom stereocenters. The highest BCUT2D eigenvalue weighted by atomic mass is 16.6. The molecule has 0 saturated carbocycles. The molecule has 0 aliphatic carbocycles. The van der Waals surface area contributed by atoms with Crippen molar-refractivity contribution in [3.8, 4) is 11.1 Å². The van der Waals surface area contributed by atoms with E-state index in [1.165, 1.54) is 34.4 Å². The fourth-order valence-corrected chi connectivity index (χ4v) is 5.37. The molecule has 0 spiro atoms. The van der Waals surface area contributed by atoms with Crippen molar-refractivity contribution in [3.05, 3.63) is 135 Å². The molecule has 1 heterocycles. The lowest BCUT2D eigenvalue weighted by Gasteiger charge is -2.23. The lowest BCUT2D eigenvalue weighted by Crippen LogP contribution is -2.26. The molecule has 0 saturated heterocycles. The number of fused-ring (bicyclic) bond motifs is 1. The second kappa shape index (κ2) is 11.0. The SMILES string of the molecule is Cc1cn(Cc2ccc(-c3ccccc3C(C)(C)C)cc2)c2ccc(C(=O)N[C@@H](C)c3ccc([N+](=O)[O-])cc3)cc12. The molecule has 0 unspecified atom stereocenters. The summed E-state index contributed by atoms with van der Waals surface area (Å²) in [5.41, 5.74) is 8.68. The summed E-state index contributed by atoms with van der Waals surface area (Å²) in [7, 11) is 0. The first-order valence-corrected chi connectivity index (χ1v) is 13.8. The Labute approximate surface area is 240 Å². The lowest BCUT2D eigenvalue weighted by molar-refractivity contribution is -0.384. The second-order valence-corrected chi connectivity index (χ2v) is 11.7. The van der Waals surface area contributed by atoms with Gasteiger partial charge in [-0.1, -0.05) is 81.4 Å². The number of non-ortho nitro benzene ring substituents is 1. The Balaban J connectivity index is 1.32. The monoisotopic (exact) mass is 545 g/mol. The van der Waals surface area contributed by atoms with Crippen LogP contribution in [0.25, 0.3) is 22.0 Å². The second-order valence-electron chi connectivity index (χ2n) is 11.7. The van der Waals surface area contributed by atoms with Crippen molar-refractivity contribution in [2.45, 2.75) is 52.6 Å². The summed E-state index contributed by atoms with van der Waals surface area (Å²) in [6.45, 7) is 11.4. The van der Waals surface area contributed by atoms with E-state index < -0.39 is 4.92 Å². The first kappa shape index (κ1) is 27.8. The molecule has 1 aromatic heterocycles. The number of amides is 1. The standard InChI is InChI=1S/C35H35N3O3/c1-23-21-37(22-25-10-12-27(13-11-25)30-8-6-7-9-32(30)35(3,4)5)33-19-16-28(20-31(23)33)34(39)36-24(2)26-14-17-29(18-15-26)38(40)41/h6-21,24H,22H2,1-5H3,(H,36,39)/t24-/m0/s1. The van der Waals surface area contributed by atoms with Gasteiger partial charge in [0, 0.05) is 41.3 Å². The first-order valence-electron chi connectivity index (χ1n) is 13.8. The summed E-state index contributed by atoms with van der Waals surface area (Å²) in [5.74, 6) is -0.184. The van der Waals surface area contributed by atoms with Crippen molar-refractivity contribution in [3.63, 3.8) is 0 Å². The molecule has 0 fully saturated rings. The maximum atomic E-state index is 13.1. The third kappa shape index (κ3) is 5.92. The van der Waals surface area contributed by atoms with Gasteiger partial charge in [0.05, 0.1) is 11.0 Å². The predicted octanol–water partition coefficient (Wildman–Crippen LogP) is 8.36. The molecule has 5 aromatic rings. The van der Waals surface area contributed by atoms with Gasteiger partial charge in [-0.15, -0.1) is 0 Å². The molecule has 208 valence electrons. The van der Waals surface area contributed by atoms with Gasteiger partial charge in [0.1, 0.15) is 0 Å². The highest BCUT2D eigenvalue weighted by Crippen LogP contribution is 2.33. The summed E-state index contributed by atoms with van der Waals surface area (Å²) in [6.07, 6.45) is 2.13. The van der Waals surface area contributed by atoms with Gasteiger partial charge in [0.2, 0.25) is 0 Å². The third-order valence-electron chi connectivity index (χ3n) is 7.65. The number of benzene rings is 4. The van der Waals surface area contributed by atoms with E-state index in [1.807, 2.05) is 25.1 Å². The molecule has 0 aliphatic heterocycles. The van der Waals surface area contributed by atoms with Gasteiger partial charge >= 0.3 is 0 Å². The zero-order valence-electron chi connectivity index (χ0n) is 24.1. The number of aromatic nitrogens is 1. The minimum Gasteiger partial charge on any atom is -0.346 e. The predicted molar refractivity (Wildman–Crippen MR) is 165 cm³/mol. The van der Waals surface area contributed by atoms with E-state index in [4.69, 9.17) is 0 Å². The van der Waals surface area contributed by atoms with Crippen LogP contribution in [0.4, 0.5) is 5.69 Å². The van der Waals surface area contributed by atoms with Crippen LogP contribution in [0.15, 0.2) is 97.2 Å². The van der Waals surface area contributed by atoms with Crippen LogP contribution >= 0.6 is 0 Å². The Kier molecular flexibility index (Phi) is 7.50. The summed E-state index contributed by atoms with van der Waals surface area (Å²) < 4.78 is 2.23. The summed E-state index contributed by atoms with van der Waals surface area (Å²) >= 11 is 0. The number of hydrogen-bond acceptors (Lipinski definition) is 3. The molecule has 0 aliphatic rings. The van der Waals surface area contributed by atoms with Crippen LogP contribution in [0, 0.1) is 17.0 Å². The molecular weight excluding hydrogens is 510 g/mol. The van der Waals surface area contributed by atoms with Gasteiger partial charge in [-0.25, -0.2) is 0 Å². The molecule has 0 bridgehead atoms. The smallest absolute Gasteiger partial charge is 0.269 e. The van der Waals surface area contributed by atoms with E-state index in [0.717, 1.165) is 28.6 Å². The normalized spacial score (nSPS) is 12.3. The summed E-state index contributed by atoms with van der Waals surface area (Å²) in [4.78, 5) is 23.6. The molecule has 6 nitrogen and oxygen atoms in total. The van der Waals surface area contributed by atoms with E-state index in [9.17, 15) is 14.9 Å². The van der Waals surface area contributed by atoms with Crippen LogP contribution in [0.5, 0.6) is 0 Å². The maximum absolute atomic E-state index is 13.1. The lowest BCUT2D eigenvalue weighted by atomic mass is 9.82. The molecule has 6 heteroatoms. The molecule has 0 radical (unpaired) electrons. The van der Waals surface area contributed by atoms with Crippen molar-refractivity contribution >= 4 is 22.5 Å². The van der Waals surface area contributed by atoms with E-state index in [0.29, 0.717) is 5.56 Å². The molecule has 1 N–H and O–H groups in total. The minimum atomic E-state index is -0.432. The Morgan fingerprint density at radius 1 is 0.951 bits per heavy atom. The number of aryl methyl sites for hydroxylation is 1. The fourth-order valence-electron chi connectivity index (χ4n) is 5.37. The van der Waals surface area contributed by atoms with E-state index >= 15 is 0 Å². The Morgan fingerprint density at radius 2 is 1.63 bits per heavy atom. The van der Waals surface area contributed by atoms with Gasteiger partial charge in [-0.3, -0.25) is 14.9 Å². The third-order valence-corrected chi connectivity index (χ3v) is 7.65. The van der Waals surface area contributed by atoms with E-state index in [2.05, 4.69) is 92.3 Å². The quantitative estimate of drug-likeness (QED) is 0.165. The summed E-state index contributed by atoms with van der Waals surface area (Å²) in [5, 5.41) is 15.0. The Morgan fingerprint density at radius 3 is 2.29 bits per heavy atom. The largest absolute Gasteiger partial charge is 0.346 e. The van der Waals surface area contributed by atoms with Crippen molar-refractivity contribution < 1.29 is 9.72 Å². The zero-order valence-corrected chi connectivity index (χ0v) is 24.1. The average Bonchev–Trinajstić information content (AvgIpc) is 3.27. The zero-order chi connectivity index (χ0) is 29.3. The number of nitro benzene ring substituents is 1. The first-order chi connectivity index (χ1) is 19.5. The Hall–Kier alpha value is -4.71. The van der Waals surface area contributed by atoms with Gasteiger partial charge in [0.25, 0.3) is 11.6 Å². The number of nitro groups is 1. The fraction of sp³-hybridized carbons (Fsp3) is 0.229. The van der Waals surface area contributed by atoms with E-state index in [-0.39, 0.29) is 23.1 Å². The number of rotatable bonds is 7. The molecule has 4 aromatic carbocycles. The van der Waals surface area contributed by atoms with E-state index in [1.54, 1.807) is 12.1 Å². The van der Waals surface area contributed by atoms with Crippen LogP contribution in [-0.4, -0.2) is 15.4 Å². The van der Waals surface area contributed by atoms with Gasteiger partial charge in [0.15, 0.2) is 0 Å².